The summed E-state index contributed by atoms with van der Waals surface area (Å²) in [6.07, 6.45) is 0. The van der Waals surface area contributed by atoms with Crippen LogP contribution in [0.1, 0.15) is 49.3 Å². The molecule has 3 rings (SSSR count). The molecule has 0 atom stereocenters. The molecule has 0 spiro atoms. The SMILES string of the molecule is CC(=O)c1cc(C)cc(C)c1NC(=O)c1sccc1S(=O)(=O)[N-]c1onc(C)c1C.[Na+]. The molecule has 31 heavy (non-hydrogen) atoms. The molecule has 8 nitrogen and oxygen atoms in total. The second-order valence-electron chi connectivity index (χ2n) is 6.89. The molecule has 11 heteroatoms. The van der Waals surface area contributed by atoms with Gasteiger partial charge in [0.2, 0.25) is 0 Å². The molecule has 0 aliphatic rings. The molecule has 0 aliphatic heterocycles. The molecular formula is C20H20N3NaO5S2. The summed E-state index contributed by atoms with van der Waals surface area (Å²) in [7, 11) is -4.22. The third-order valence-corrected chi connectivity index (χ3v) is 6.89. The Hall–Kier alpha value is -1.98. The van der Waals surface area contributed by atoms with Crippen molar-refractivity contribution < 1.29 is 52.1 Å². The van der Waals surface area contributed by atoms with Crippen LogP contribution in [0.5, 0.6) is 0 Å². The van der Waals surface area contributed by atoms with Crippen molar-refractivity contribution in [3.8, 4) is 0 Å². The van der Waals surface area contributed by atoms with Crippen LogP contribution in [0.3, 0.4) is 0 Å². The summed E-state index contributed by atoms with van der Waals surface area (Å²) in [6, 6.07) is 4.82. The predicted molar refractivity (Wildman–Crippen MR) is 114 cm³/mol. The second-order valence-corrected chi connectivity index (χ2v) is 9.38. The molecule has 0 bridgehead atoms. The van der Waals surface area contributed by atoms with Gasteiger partial charge in [0.05, 0.1) is 22.2 Å². The van der Waals surface area contributed by atoms with Crippen molar-refractivity contribution in [2.45, 2.75) is 39.5 Å². The number of nitrogens with zero attached hydrogens (tertiary/aromatic N) is 2. The van der Waals surface area contributed by atoms with Crippen molar-refractivity contribution in [2.24, 2.45) is 0 Å². The number of sulfonamides is 1. The van der Waals surface area contributed by atoms with Crippen molar-refractivity contribution in [1.29, 1.82) is 0 Å². The smallest absolute Gasteiger partial charge is 0.539 e. The van der Waals surface area contributed by atoms with E-state index in [-0.39, 0.29) is 51.0 Å². The number of carbonyl (C=O) groups excluding carboxylic acids is 2. The van der Waals surface area contributed by atoms with E-state index >= 15 is 0 Å². The number of aromatic nitrogens is 1. The molecule has 0 aliphatic carbocycles. The number of aryl methyl sites for hydroxylation is 3. The summed E-state index contributed by atoms with van der Waals surface area (Å²) in [5.41, 5.74) is 3.33. The van der Waals surface area contributed by atoms with Gasteiger partial charge in [0.1, 0.15) is 14.9 Å². The summed E-state index contributed by atoms with van der Waals surface area (Å²) in [5.74, 6) is -0.973. The summed E-state index contributed by atoms with van der Waals surface area (Å²) in [6.45, 7) is 8.34. The maximum Gasteiger partial charge on any atom is 1.00 e. The predicted octanol–water partition coefficient (Wildman–Crippen LogP) is 1.82. The zero-order chi connectivity index (χ0) is 22.2. The van der Waals surface area contributed by atoms with Crippen LogP contribution in [0.2, 0.25) is 0 Å². The van der Waals surface area contributed by atoms with Gasteiger partial charge in [-0.15, -0.1) is 11.3 Å². The molecular weight excluding hydrogens is 449 g/mol. The second kappa shape index (κ2) is 9.66. The Morgan fingerprint density at radius 2 is 1.84 bits per heavy atom. The van der Waals surface area contributed by atoms with E-state index in [1.807, 2.05) is 13.0 Å². The Morgan fingerprint density at radius 3 is 2.42 bits per heavy atom. The average molecular weight is 470 g/mol. The first kappa shape index (κ1) is 25.3. The van der Waals surface area contributed by atoms with Crippen molar-refractivity contribution in [3.05, 3.63) is 61.1 Å². The number of benzene rings is 1. The Kier molecular flexibility index (Phi) is 7.88. The van der Waals surface area contributed by atoms with Crippen LogP contribution in [0.25, 0.3) is 4.72 Å². The monoisotopic (exact) mass is 469 g/mol. The van der Waals surface area contributed by atoms with Gasteiger partial charge in [-0.05, 0) is 68.8 Å². The minimum Gasteiger partial charge on any atom is -0.539 e. The van der Waals surface area contributed by atoms with E-state index in [1.54, 1.807) is 26.8 Å². The maximum absolute atomic E-state index is 12.9. The Balaban J connectivity index is 0.00000341. The number of rotatable bonds is 6. The fraction of sp³-hybridized carbons (Fsp3) is 0.250. The third kappa shape index (κ3) is 5.27. The van der Waals surface area contributed by atoms with Gasteiger partial charge >= 0.3 is 29.6 Å². The minimum absolute atomic E-state index is 0. The van der Waals surface area contributed by atoms with Gasteiger partial charge in [-0.3, -0.25) is 9.59 Å². The number of nitrogens with one attached hydrogen (secondary N) is 1. The molecule has 0 saturated carbocycles. The van der Waals surface area contributed by atoms with E-state index in [0.717, 1.165) is 16.9 Å². The maximum atomic E-state index is 12.9. The molecule has 0 unspecified atom stereocenters. The Morgan fingerprint density at radius 1 is 1.16 bits per heavy atom. The van der Waals surface area contributed by atoms with Gasteiger partial charge in [-0.2, -0.15) is 0 Å². The van der Waals surface area contributed by atoms with Crippen LogP contribution in [0.15, 0.2) is 33.0 Å². The molecule has 158 valence electrons. The normalized spacial score (nSPS) is 11.0. The zero-order valence-corrected chi connectivity index (χ0v) is 21.7. The summed E-state index contributed by atoms with van der Waals surface area (Å²) in [4.78, 5) is 24.7. The number of amides is 1. The average Bonchev–Trinajstić information content (AvgIpc) is 3.26. The van der Waals surface area contributed by atoms with Crippen molar-refractivity contribution in [3.63, 3.8) is 0 Å². The first-order chi connectivity index (χ1) is 14.0. The Bertz CT molecular complexity index is 1260. The number of hydrogen-bond acceptors (Lipinski definition) is 7. The zero-order valence-electron chi connectivity index (χ0n) is 18.1. The molecule has 0 saturated heterocycles. The van der Waals surface area contributed by atoms with Crippen LogP contribution < -0.4 is 34.9 Å². The van der Waals surface area contributed by atoms with Crippen molar-refractivity contribution in [2.75, 3.05) is 5.32 Å². The van der Waals surface area contributed by atoms with Gasteiger partial charge < -0.3 is 14.6 Å². The Labute approximate surface area is 206 Å². The van der Waals surface area contributed by atoms with Gasteiger partial charge in [-0.1, -0.05) is 11.2 Å². The van der Waals surface area contributed by atoms with Crippen LogP contribution in [0.4, 0.5) is 11.6 Å². The fourth-order valence-corrected chi connectivity index (χ4v) is 5.18. The topological polar surface area (TPSA) is 120 Å². The molecule has 0 radical (unpaired) electrons. The van der Waals surface area contributed by atoms with Crippen molar-refractivity contribution >= 4 is 44.6 Å². The van der Waals surface area contributed by atoms with E-state index in [9.17, 15) is 18.0 Å². The van der Waals surface area contributed by atoms with E-state index in [1.165, 1.54) is 18.4 Å². The van der Waals surface area contributed by atoms with Crippen molar-refractivity contribution in [1.82, 2.24) is 5.16 Å². The molecule has 1 N–H and O–H groups in total. The number of thiophene rings is 1. The first-order valence-corrected chi connectivity index (χ1v) is 11.2. The largest absolute Gasteiger partial charge is 1.00 e. The molecule has 1 aromatic carbocycles. The third-order valence-electron chi connectivity index (χ3n) is 4.55. The van der Waals surface area contributed by atoms with Crippen LogP contribution in [-0.2, 0) is 10.0 Å². The van der Waals surface area contributed by atoms with E-state index in [0.29, 0.717) is 28.1 Å². The van der Waals surface area contributed by atoms with E-state index in [4.69, 9.17) is 4.52 Å². The van der Waals surface area contributed by atoms with Crippen LogP contribution in [-0.4, -0.2) is 25.3 Å². The molecule has 2 aromatic heterocycles. The minimum atomic E-state index is -4.22. The van der Waals surface area contributed by atoms with Crippen LogP contribution >= 0.6 is 11.3 Å². The van der Waals surface area contributed by atoms with Crippen LogP contribution in [0, 0.1) is 27.7 Å². The number of carbonyl (C=O) groups is 2. The molecule has 1 amide bonds. The van der Waals surface area contributed by atoms with Gasteiger partial charge in [-0.25, -0.2) is 8.42 Å². The molecule has 3 aromatic rings. The number of Topliss-reactive ketones (excluding diaryl/α,β-unsaturated/α-hetero) is 1. The van der Waals surface area contributed by atoms with Gasteiger partial charge in [0, 0.05) is 5.56 Å². The standard InChI is InChI=1S/C20H21N3O5S2.Na/c1-10-8-11(2)17(15(9-10)14(5)24)21-19(25)18-16(6-7-29-18)30(26,27)23-20-12(3)13(4)22-28-20;/h6-9H,1-5H3,(H2,21,22,23,24,25);/q;+1/p-1. The van der Waals surface area contributed by atoms with E-state index < -0.39 is 15.9 Å². The summed E-state index contributed by atoms with van der Waals surface area (Å²) in [5, 5.41) is 7.88. The number of hydrogen-bond donors (Lipinski definition) is 1. The quantitative estimate of drug-likeness (QED) is 0.434. The van der Waals surface area contributed by atoms with E-state index in [2.05, 4.69) is 15.2 Å². The first-order valence-electron chi connectivity index (χ1n) is 8.93. The summed E-state index contributed by atoms with van der Waals surface area (Å²) < 4.78 is 34.3. The molecule has 0 fully saturated rings. The summed E-state index contributed by atoms with van der Waals surface area (Å²) >= 11 is 0.965. The fourth-order valence-electron chi connectivity index (χ4n) is 2.89. The van der Waals surface area contributed by atoms with Gasteiger partial charge in [0.25, 0.3) is 5.91 Å². The number of anilines is 1. The number of ketones is 1. The molecule has 2 heterocycles. The van der Waals surface area contributed by atoms with Gasteiger partial charge in [0.15, 0.2) is 5.78 Å².